The van der Waals surface area contributed by atoms with Crippen LogP contribution >= 0.6 is 0 Å². The third-order valence-electron chi connectivity index (χ3n) is 4.22. The number of anilines is 1. The monoisotopic (exact) mass is 357 g/mol. The van der Waals surface area contributed by atoms with Crippen LogP contribution in [0.1, 0.15) is 31.9 Å². The minimum absolute atomic E-state index is 0.0519. The van der Waals surface area contributed by atoms with Gasteiger partial charge in [0, 0.05) is 6.54 Å². The van der Waals surface area contributed by atoms with E-state index >= 15 is 0 Å². The molecule has 1 aliphatic rings. The first kappa shape index (κ1) is 19.5. The van der Waals surface area contributed by atoms with Crippen LogP contribution < -0.4 is 5.32 Å². The van der Waals surface area contributed by atoms with E-state index in [1.54, 1.807) is 12.1 Å². The van der Waals surface area contributed by atoms with Gasteiger partial charge in [-0.15, -0.1) is 0 Å². The zero-order chi connectivity index (χ0) is 19.5. The first-order valence-electron chi connectivity index (χ1n) is 8.26. The topological polar surface area (TPSA) is 103 Å². The fourth-order valence-corrected chi connectivity index (χ4v) is 2.70. The highest BCUT2D eigenvalue weighted by molar-refractivity contribution is 6.08. The van der Waals surface area contributed by atoms with Crippen molar-refractivity contribution in [3.05, 3.63) is 40.6 Å². The molecule has 2 N–H and O–H groups in total. The highest BCUT2D eigenvalue weighted by atomic mass is 16.5. The summed E-state index contributed by atoms with van der Waals surface area (Å²) in [4.78, 5) is 25.9. The molecular formula is C19H23N3O4. The van der Waals surface area contributed by atoms with E-state index in [0.29, 0.717) is 11.3 Å². The van der Waals surface area contributed by atoms with E-state index in [0.717, 1.165) is 5.56 Å². The Morgan fingerprint density at radius 1 is 1.42 bits per heavy atom. The maximum absolute atomic E-state index is 12.6. The van der Waals surface area contributed by atoms with Crippen LogP contribution in [-0.4, -0.2) is 48.7 Å². The molecule has 0 aromatic heterocycles. The molecule has 1 amide bonds. The molecule has 1 aliphatic heterocycles. The molecular weight excluding hydrogens is 334 g/mol. The Balaban J connectivity index is 2.42. The van der Waals surface area contributed by atoms with Crippen molar-refractivity contribution in [3.8, 4) is 6.07 Å². The number of carbonyl (C=O) groups excluding carboxylic acids is 2. The lowest BCUT2D eigenvalue weighted by Crippen LogP contribution is -2.31. The lowest BCUT2D eigenvalue weighted by atomic mass is 9.86. The van der Waals surface area contributed by atoms with Gasteiger partial charge in [-0.3, -0.25) is 4.79 Å². The number of β-amino-alcohol motifs (C(OH)–C–C–N with tert-alkyl or cyclic N) is 1. The Labute approximate surface area is 152 Å². The molecule has 0 fully saturated rings. The molecule has 7 nitrogen and oxygen atoms in total. The lowest BCUT2D eigenvalue weighted by molar-refractivity contribution is -0.136. The van der Waals surface area contributed by atoms with Gasteiger partial charge in [-0.05, 0) is 23.1 Å². The quantitative estimate of drug-likeness (QED) is 0.775. The smallest absolute Gasteiger partial charge is 0.337 e. The summed E-state index contributed by atoms with van der Waals surface area (Å²) in [6.07, 6.45) is 0. The van der Waals surface area contributed by atoms with Gasteiger partial charge >= 0.3 is 5.97 Å². The first-order chi connectivity index (χ1) is 12.2. The molecule has 0 spiro atoms. The van der Waals surface area contributed by atoms with Crippen molar-refractivity contribution in [1.82, 2.24) is 4.90 Å². The van der Waals surface area contributed by atoms with E-state index < -0.39 is 11.9 Å². The second-order valence-electron chi connectivity index (χ2n) is 7.04. The molecule has 7 heteroatoms. The SMILES string of the molecule is COC(=O)C1=C(Nc2ccc(C(C)(C)C)cc2C#N)C(=O)N(CCO)C1. The third kappa shape index (κ3) is 3.86. The van der Waals surface area contributed by atoms with Crippen molar-refractivity contribution in [2.45, 2.75) is 26.2 Å². The lowest BCUT2D eigenvalue weighted by Gasteiger charge is -2.20. The number of carbonyl (C=O) groups is 2. The van der Waals surface area contributed by atoms with Crippen molar-refractivity contribution >= 4 is 17.6 Å². The molecule has 0 radical (unpaired) electrons. The van der Waals surface area contributed by atoms with E-state index in [1.807, 2.05) is 26.8 Å². The number of hydrogen-bond acceptors (Lipinski definition) is 6. The fraction of sp³-hybridized carbons (Fsp3) is 0.421. The molecule has 0 aliphatic carbocycles. The number of nitrogens with zero attached hydrogens (tertiary/aromatic N) is 2. The molecule has 0 saturated heterocycles. The number of methoxy groups -OCH3 is 1. The molecule has 1 aromatic rings. The Morgan fingerprint density at radius 3 is 2.65 bits per heavy atom. The minimum atomic E-state index is -0.619. The third-order valence-corrected chi connectivity index (χ3v) is 4.22. The molecule has 138 valence electrons. The van der Waals surface area contributed by atoms with Crippen LogP contribution in [0, 0.1) is 11.3 Å². The van der Waals surface area contributed by atoms with Crippen molar-refractivity contribution < 1.29 is 19.4 Å². The van der Waals surface area contributed by atoms with E-state index in [4.69, 9.17) is 9.84 Å². The first-order valence-corrected chi connectivity index (χ1v) is 8.26. The van der Waals surface area contributed by atoms with Crippen LogP contribution in [0.2, 0.25) is 0 Å². The standard InChI is InChI=1S/C19H23N3O4/c1-19(2,3)13-5-6-15(12(9-13)10-20)21-16-14(18(25)26-4)11-22(7-8-23)17(16)24/h5-6,9,21,23H,7-8,11H2,1-4H3. The minimum Gasteiger partial charge on any atom is -0.466 e. The summed E-state index contributed by atoms with van der Waals surface area (Å²) in [5.74, 6) is -1.03. The van der Waals surface area contributed by atoms with Gasteiger partial charge in [0.25, 0.3) is 5.91 Å². The number of benzene rings is 1. The van der Waals surface area contributed by atoms with Gasteiger partial charge in [-0.1, -0.05) is 26.8 Å². The highest BCUT2D eigenvalue weighted by Crippen LogP contribution is 2.29. The van der Waals surface area contributed by atoms with Gasteiger partial charge in [0.1, 0.15) is 11.8 Å². The normalized spacial score (nSPS) is 14.5. The number of nitriles is 1. The van der Waals surface area contributed by atoms with Crippen LogP contribution in [0.15, 0.2) is 29.5 Å². The number of amides is 1. The molecule has 0 atom stereocenters. The van der Waals surface area contributed by atoms with Gasteiger partial charge < -0.3 is 20.1 Å². The number of hydrogen-bond donors (Lipinski definition) is 2. The molecule has 0 unspecified atom stereocenters. The number of rotatable bonds is 5. The van der Waals surface area contributed by atoms with Gasteiger partial charge in [0.05, 0.1) is 37.1 Å². The number of ether oxygens (including phenoxy) is 1. The Morgan fingerprint density at radius 2 is 2.12 bits per heavy atom. The van der Waals surface area contributed by atoms with Crippen LogP contribution in [0.4, 0.5) is 5.69 Å². The number of nitrogens with one attached hydrogen (secondary N) is 1. The molecule has 0 bridgehead atoms. The Bertz CT molecular complexity index is 800. The van der Waals surface area contributed by atoms with Crippen molar-refractivity contribution in [3.63, 3.8) is 0 Å². The fourth-order valence-electron chi connectivity index (χ4n) is 2.70. The van der Waals surface area contributed by atoms with Crippen molar-refractivity contribution in [2.75, 3.05) is 32.1 Å². The van der Waals surface area contributed by atoms with Crippen molar-refractivity contribution in [1.29, 1.82) is 5.26 Å². The molecule has 26 heavy (non-hydrogen) atoms. The summed E-state index contributed by atoms with van der Waals surface area (Å²) in [5.41, 5.74) is 1.93. The van der Waals surface area contributed by atoms with E-state index in [9.17, 15) is 14.9 Å². The van der Waals surface area contributed by atoms with Crippen LogP contribution in [0.3, 0.4) is 0 Å². The highest BCUT2D eigenvalue weighted by Gasteiger charge is 2.34. The number of esters is 1. The van der Waals surface area contributed by atoms with Crippen LogP contribution in [-0.2, 0) is 19.7 Å². The molecule has 1 heterocycles. The predicted molar refractivity (Wildman–Crippen MR) is 96.2 cm³/mol. The predicted octanol–water partition coefficient (Wildman–Crippen LogP) is 1.53. The number of aliphatic hydroxyl groups excluding tert-OH is 1. The van der Waals surface area contributed by atoms with Crippen LogP contribution in [0.5, 0.6) is 0 Å². The summed E-state index contributed by atoms with van der Waals surface area (Å²) in [7, 11) is 1.24. The number of aliphatic hydroxyl groups is 1. The second kappa shape index (κ2) is 7.58. The summed E-state index contributed by atoms with van der Waals surface area (Å²) >= 11 is 0. The Kier molecular flexibility index (Phi) is 5.68. The molecule has 0 saturated carbocycles. The van der Waals surface area contributed by atoms with Gasteiger partial charge in [-0.25, -0.2) is 4.79 Å². The maximum Gasteiger partial charge on any atom is 0.337 e. The summed E-state index contributed by atoms with van der Waals surface area (Å²) < 4.78 is 4.75. The second-order valence-corrected chi connectivity index (χ2v) is 7.04. The largest absolute Gasteiger partial charge is 0.466 e. The van der Waals surface area contributed by atoms with E-state index in [-0.39, 0.29) is 36.4 Å². The van der Waals surface area contributed by atoms with Crippen molar-refractivity contribution in [2.24, 2.45) is 0 Å². The maximum atomic E-state index is 12.6. The average Bonchev–Trinajstić information content (AvgIpc) is 2.90. The zero-order valence-electron chi connectivity index (χ0n) is 15.4. The molecule has 2 rings (SSSR count). The van der Waals surface area contributed by atoms with E-state index in [1.165, 1.54) is 12.0 Å². The zero-order valence-corrected chi connectivity index (χ0v) is 15.4. The molecule has 1 aromatic carbocycles. The summed E-state index contributed by atoms with van der Waals surface area (Å²) in [5, 5.41) is 21.5. The van der Waals surface area contributed by atoms with Gasteiger partial charge in [0.2, 0.25) is 0 Å². The van der Waals surface area contributed by atoms with E-state index in [2.05, 4.69) is 11.4 Å². The average molecular weight is 357 g/mol. The summed E-state index contributed by atoms with van der Waals surface area (Å²) in [6.45, 7) is 6.08. The Hall–Kier alpha value is -2.85. The van der Waals surface area contributed by atoms with Gasteiger partial charge in [0.15, 0.2) is 0 Å². The summed E-state index contributed by atoms with van der Waals surface area (Å²) in [6, 6.07) is 7.50. The van der Waals surface area contributed by atoms with Gasteiger partial charge in [-0.2, -0.15) is 5.26 Å². The van der Waals surface area contributed by atoms with Crippen LogP contribution in [0.25, 0.3) is 0 Å².